The van der Waals surface area contributed by atoms with Gasteiger partial charge in [-0.15, -0.1) is 10.3 Å². The van der Waals surface area contributed by atoms with Crippen LogP contribution in [-0.4, -0.2) is 28.6 Å². The summed E-state index contributed by atoms with van der Waals surface area (Å²) >= 11 is 0. The fraction of sp³-hybridized carbons (Fsp3) is 0.556. The Bertz CT molecular complexity index is 313. The van der Waals surface area contributed by atoms with Crippen LogP contribution in [0.5, 0.6) is 0 Å². The van der Waals surface area contributed by atoms with E-state index in [1.807, 2.05) is 0 Å². The van der Waals surface area contributed by atoms with Gasteiger partial charge in [0.25, 0.3) is 0 Å². The SMILES string of the molecule is CCCCNC1=CC(CC(=O)O)=NN(N)N1. The molecule has 90 valence electrons. The van der Waals surface area contributed by atoms with Crippen LogP contribution in [0.2, 0.25) is 0 Å². The maximum atomic E-state index is 10.5. The zero-order valence-corrected chi connectivity index (χ0v) is 9.23. The lowest BCUT2D eigenvalue weighted by Gasteiger charge is -2.23. The van der Waals surface area contributed by atoms with Crippen LogP contribution < -0.4 is 16.6 Å². The van der Waals surface area contributed by atoms with Crippen LogP contribution in [0.1, 0.15) is 26.2 Å². The molecule has 0 aromatic heterocycles. The summed E-state index contributed by atoms with van der Waals surface area (Å²) in [5, 5.41) is 16.6. The van der Waals surface area contributed by atoms with Gasteiger partial charge in [0, 0.05) is 12.6 Å². The Morgan fingerprint density at radius 1 is 1.75 bits per heavy atom. The van der Waals surface area contributed by atoms with E-state index in [1.165, 1.54) is 0 Å². The number of nitrogens with two attached hydrogens (primary N) is 1. The maximum Gasteiger partial charge on any atom is 0.309 e. The Balaban J connectivity index is 2.53. The van der Waals surface area contributed by atoms with Crippen LogP contribution in [0.25, 0.3) is 0 Å². The molecule has 0 aliphatic carbocycles. The van der Waals surface area contributed by atoms with Gasteiger partial charge in [0.05, 0.1) is 12.1 Å². The van der Waals surface area contributed by atoms with Gasteiger partial charge < -0.3 is 10.4 Å². The normalized spacial score (nSPS) is 15.0. The number of carboxylic acids is 1. The van der Waals surface area contributed by atoms with Crippen LogP contribution in [0.15, 0.2) is 17.0 Å². The lowest BCUT2D eigenvalue weighted by Crippen LogP contribution is -2.46. The molecular weight excluding hydrogens is 210 g/mol. The molecule has 0 saturated heterocycles. The second kappa shape index (κ2) is 5.96. The molecule has 1 heterocycles. The van der Waals surface area contributed by atoms with Crippen LogP contribution in [-0.2, 0) is 4.79 Å². The highest BCUT2D eigenvalue weighted by molar-refractivity contribution is 6.05. The highest BCUT2D eigenvalue weighted by Crippen LogP contribution is 2.00. The molecule has 7 nitrogen and oxygen atoms in total. The fourth-order valence-corrected chi connectivity index (χ4v) is 1.25. The van der Waals surface area contributed by atoms with Gasteiger partial charge in [0.15, 0.2) is 0 Å². The topological polar surface area (TPSA) is 103 Å². The Morgan fingerprint density at radius 3 is 3.12 bits per heavy atom. The number of carboxylic acid groups (broad SMARTS) is 1. The first-order valence-electron chi connectivity index (χ1n) is 5.18. The summed E-state index contributed by atoms with van der Waals surface area (Å²) in [5.41, 5.74) is 3.17. The average Bonchev–Trinajstić information content (AvgIpc) is 2.16. The standard InChI is InChI=1S/C9H17N5O2/c1-2-3-4-11-8-5-7(6-9(15)16)12-14(10)13-8/h5,11,13H,2-4,6,10H2,1H3,(H,15,16). The van der Waals surface area contributed by atoms with E-state index in [9.17, 15) is 4.79 Å². The molecule has 0 spiro atoms. The minimum Gasteiger partial charge on any atom is -0.481 e. The first kappa shape index (κ1) is 12.3. The molecule has 0 aromatic carbocycles. The minimum atomic E-state index is -0.932. The van der Waals surface area contributed by atoms with Crippen molar-refractivity contribution in [2.75, 3.05) is 6.54 Å². The number of aliphatic carboxylic acids is 1. The van der Waals surface area contributed by atoms with Crippen molar-refractivity contribution in [2.45, 2.75) is 26.2 Å². The molecule has 0 atom stereocenters. The fourth-order valence-electron chi connectivity index (χ4n) is 1.25. The molecule has 0 unspecified atom stereocenters. The molecule has 1 aliphatic heterocycles. The Labute approximate surface area is 93.9 Å². The van der Waals surface area contributed by atoms with Crippen molar-refractivity contribution in [1.29, 1.82) is 0 Å². The van der Waals surface area contributed by atoms with E-state index in [-0.39, 0.29) is 6.42 Å². The Kier molecular flexibility index (Phi) is 4.59. The van der Waals surface area contributed by atoms with Gasteiger partial charge in [-0.3, -0.25) is 10.2 Å². The quantitative estimate of drug-likeness (QED) is 0.368. The number of unbranched alkanes of at least 4 members (excludes halogenated alkanes) is 1. The van der Waals surface area contributed by atoms with E-state index in [4.69, 9.17) is 10.9 Å². The minimum absolute atomic E-state index is 0.145. The van der Waals surface area contributed by atoms with Gasteiger partial charge in [-0.05, 0) is 6.42 Å². The van der Waals surface area contributed by atoms with Crippen molar-refractivity contribution in [1.82, 2.24) is 16.0 Å². The van der Waals surface area contributed by atoms with E-state index >= 15 is 0 Å². The van der Waals surface area contributed by atoms with Crippen molar-refractivity contribution in [3.63, 3.8) is 0 Å². The summed E-state index contributed by atoms with van der Waals surface area (Å²) in [6.07, 6.45) is 3.62. The van der Waals surface area contributed by atoms with Crippen LogP contribution in [0.3, 0.4) is 0 Å². The molecule has 0 saturated carbocycles. The highest BCUT2D eigenvalue weighted by Gasteiger charge is 2.12. The van der Waals surface area contributed by atoms with Crippen molar-refractivity contribution >= 4 is 11.7 Å². The Hall–Kier alpha value is -1.76. The summed E-state index contributed by atoms with van der Waals surface area (Å²) < 4.78 is 0. The molecule has 7 heteroatoms. The molecule has 0 fully saturated rings. The van der Waals surface area contributed by atoms with Crippen molar-refractivity contribution in [3.8, 4) is 0 Å². The zero-order valence-electron chi connectivity index (χ0n) is 9.23. The van der Waals surface area contributed by atoms with Crippen molar-refractivity contribution < 1.29 is 9.90 Å². The van der Waals surface area contributed by atoms with Gasteiger partial charge in [-0.1, -0.05) is 13.3 Å². The van der Waals surface area contributed by atoms with Crippen LogP contribution in [0.4, 0.5) is 0 Å². The third kappa shape index (κ3) is 4.18. The molecule has 16 heavy (non-hydrogen) atoms. The first-order valence-corrected chi connectivity index (χ1v) is 5.18. The third-order valence-corrected chi connectivity index (χ3v) is 1.96. The number of nitrogens with zero attached hydrogens (tertiary/aromatic N) is 2. The van der Waals surface area contributed by atoms with E-state index in [0.717, 1.165) is 24.6 Å². The average molecular weight is 227 g/mol. The van der Waals surface area contributed by atoms with Crippen LogP contribution in [0, 0.1) is 0 Å². The predicted molar refractivity (Wildman–Crippen MR) is 59.8 cm³/mol. The number of hydrogen-bond acceptors (Lipinski definition) is 6. The summed E-state index contributed by atoms with van der Waals surface area (Å²) in [7, 11) is 0. The summed E-state index contributed by atoms with van der Waals surface area (Å²) in [6.45, 7) is 2.90. The maximum absolute atomic E-state index is 10.5. The van der Waals surface area contributed by atoms with Crippen molar-refractivity contribution in [3.05, 3.63) is 11.9 Å². The molecule has 0 amide bonds. The first-order chi connectivity index (χ1) is 7.61. The van der Waals surface area contributed by atoms with Gasteiger partial charge >= 0.3 is 5.97 Å². The summed E-state index contributed by atoms with van der Waals surface area (Å²) in [6, 6.07) is 0. The largest absolute Gasteiger partial charge is 0.481 e. The summed E-state index contributed by atoms with van der Waals surface area (Å²) in [4.78, 5) is 10.5. The van der Waals surface area contributed by atoms with E-state index in [2.05, 4.69) is 22.8 Å². The number of rotatable bonds is 6. The van der Waals surface area contributed by atoms with Gasteiger partial charge in [0.1, 0.15) is 5.82 Å². The molecule has 1 aliphatic rings. The predicted octanol–water partition coefficient (Wildman–Crippen LogP) is -0.258. The van der Waals surface area contributed by atoms with Gasteiger partial charge in [0.2, 0.25) is 0 Å². The number of hydrogen-bond donors (Lipinski definition) is 4. The molecule has 5 N–H and O–H groups in total. The van der Waals surface area contributed by atoms with E-state index in [0.29, 0.717) is 11.5 Å². The van der Waals surface area contributed by atoms with Gasteiger partial charge in [-0.2, -0.15) is 0 Å². The molecule has 0 bridgehead atoms. The zero-order chi connectivity index (χ0) is 12.0. The number of nitrogens with one attached hydrogen (secondary N) is 2. The molecular formula is C9H17N5O2. The molecule has 1 rings (SSSR count). The number of carbonyl (C=O) groups is 1. The van der Waals surface area contributed by atoms with E-state index < -0.39 is 5.97 Å². The second-order valence-electron chi connectivity index (χ2n) is 3.46. The monoisotopic (exact) mass is 227 g/mol. The number of allylic oxidation sites excluding steroid dienone is 1. The number of hydrazine groups is 2. The summed E-state index contributed by atoms with van der Waals surface area (Å²) in [5.74, 6) is 5.19. The molecule has 0 aromatic rings. The number of hydrazone groups is 1. The van der Waals surface area contributed by atoms with E-state index in [1.54, 1.807) is 6.08 Å². The van der Waals surface area contributed by atoms with Crippen LogP contribution >= 0.6 is 0 Å². The Morgan fingerprint density at radius 2 is 2.50 bits per heavy atom. The lowest BCUT2D eigenvalue weighted by molar-refractivity contribution is -0.135. The van der Waals surface area contributed by atoms with Gasteiger partial charge in [-0.25, -0.2) is 5.84 Å². The lowest BCUT2D eigenvalue weighted by atomic mass is 10.2. The smallest absolute Gasteiger partial charge is 0.309 e. The third-order valence-electron chi connectivity index (χ3n) is 1.96. The molecule has 0 radical (unpaired) electrons. The van der Waals surface area contributed by atoms with Crippen molar-refractivity contribution in [2.24, 2.45) is 10.9 Å². The highest BCUT2D eigenvalue weighted by atomic mass is 16.4. The second-order valence-corrected chi connectivity index (χ2v) is 3.46.